The van der Waals surface area contributed by atoms with E-state index in [1.165, 1.54) is 10.7 Å². The number of morpholine rings is 1. The van der Waals surface area contributed by atoms with Gasteiger partial charge in [-0.2, -0.15) is 10.4 Å². The summed E-state index contributed by atoms with van der Waals surface area (Å²) in [7, 11) is 0. The van der Waals surface area contributed by atoms with Crippen LogP contribution >= 0.6 is 11.6 Å². The van der Waals surface area contributed by atoms with E-state index in [0.29, 0.717) is 30.1 Å². The van der Waals surface area contributed by atoms with Gasteiger partial charge in [-0.25, -0.2) is 9.50 Å². The van der Waals surface area contributed by atoms with Gasteiger partial charge in [-0.1, -0.05) is 11.6 Å². The van der Waals surface area contributed by atoms with Gasteiger partial charge in [-0.05, 0) is 24.3 Å². The standard InChI is InChI=1S/C18H15ClN6O2/c19-16-3-4-25-17(23-16)14(11-21-25)18(26)22-15-2-1-13(9-12(15)10-20)24-5-7-27-8-6-24/h1-4,9,11H,5-8H2,(H,22,26). The highest BCUT2D eigenvalue weighted by atomic mass is 35.5. The van der Waals surface area contributed by atoms with E-state index in [-0.39, 0.29) is 10.7 Å². The van der Waals surface area contributed by atoms with Crippen LogP contribution in [0.3, 0.4) is 0 Å². The molecule has 4 rings (SSSR count). The van der Waals surface area contributed by atoms with Crippen LogP contribution in [0.2, 0.25) is 5.15 Å². The Kier molecular flexibility index (Phi) is 4.62. The Morgan fingerprint density at radius 2 is 2.11 bits per heavy atom. The zero-order valence-corrected chi connectivity index (χ0v) is 15.0. The lowest BCUT2D eigenvalue weighted by Gasteiger charge is -2.29. The van der Waals surface area contributed by atoms with Crippen molar-refractivity contribution in [3.63, 3.8) is 0 Å². The minimum atomic E-state index is -0.407. The van der Waals surface area contributed by atoms with Crippen LogP contribution in [0.15, 0.2) is 36.7 Å². The van der Waals surface area contributed by atoms with E-state index in [4.69, 9.17) is 16.3 Å². The fraction of sp³-hybridized carbons (Fsp3) is 0.222. The maximum atomic E-state index is 12.7. The fourth-order valence-corrected chi connectivity index (χ4v) is 3.09. The number of anilines is 2. The van der Waals surface area contributed by atoms with Gasteiger partial charge in [0.15, 0.2) is 5.65 Å². The zero-order valence-electron chi connectivity index (χ0n) is 14.2. The lowest BCUT2D eigenvalue weighted by Crippen LogP contribution is -2.36. The molecule has 0 aliphatic carbocycles. The summed E-state index contributed by atoms with van der Waals surface area (Å²) in [6.45, 7) is 2.85. The summed E-state index contributed by atoms with van der Waals surface area (Å²) in [5.41, 5.74) is 2.37. The second-order valence-electron chi connectivity index (χ2n) is 5.97. The molecule has 0 atom stereocenters. The van der Waals surface area contributed by atoms with Crippen molar-refractivity contribution in [2.45, 2.75) is 0 Å². The van der Waals surface area contributed by atoms with Crippen LogP contribution in [-0.4, -0.2) is 46.8 Å². The maximum Gasteiger partial charge on any atom is 0.261 e. The van der Waals surface area contributed by atoms with Gasteiger partial charge in [0.25, 0.3) is 5.91 Å². The minimum absolute atomic E-state index is 0.268. The number of benzene rings is 1. The number of carbonyl (C=O) groups is 1. The molecule has 1 fully saturated rings. The smallest absolute Gasteiger partial charge is 0.261 e. The number of rotatable bonds is 3. The summed E-state index contributed by atoms with van der Waals surface area (Å²) in [6.07, 6.45) is 3.04. The van der Waals surface area contributed by atoms with Crippen LogP contribution in [-0.2, 0) is 4.74 Å². The normalized spacial score (nSPS) is 14.1. The van der Waals surface area contributed by atoms with Crippen LogP contribution in [0.25, 0.3) is 5.65 Å². The predicted molar refractivity (Wildman–Crippen MR) is 100 cm³/mol. The van der Waals surface area contributed by atoms with Gasteiger partial charge in [0.1, 0.15) is 16.8 Å². The van der Waals surface area contributed by atoms with Gasteiger partial charge in [0, 0.05) is 25.0 Å². The van der Waals surface area contributed by atoms with Crippen molar-refractivity contribution < 1.29 is 9.53 Å². The third-order valence-electron chi connectivity index (χ3n) is 4.33. The summed E-state index contributed by atoms with van der Waals surface area (Å²) in [5.74, 6) is -0.407. The Hall–Kier alpha value is -3.15. The highest BCUT2D eigenvalue weighted by Crippen LogP contribution is 2.24. The fourth-order valence-electron chi connectivity index (χ4n) is 2.95. The monoisotopic (exact) mass is 382 g/mol. The summed E-state index contributed by atoms with van der Waals surface area (Å²) in [6, 6.07) is 9.11. The number of nitrogens with one attached hydrogen (secondary N) is 1. The highest BCUT2D eigenvalue weighted by molar-refractivity contribution is 6.29. The van der Waals surface area contributed by atoms with Crippen LogP contribution in [0.4, 0.5) is 11.4 Å². The molecule has 1 aromatic carbocycles. The summed E-state index contributed by atoms with van der Waals surface area (Å²) in [5, 5.41) is 16.6. The summed E-state index contributed by atoms with van der Waals surface area (Å²) < 4.78 is 6.82. The number of aromatic nitrogens is 3. The van der Waals surface area contributed by atoms with Crippen LogP contribution < -0.4 is 10.2 Å². The second kappa shape index (κ2) is 7.23. The van der Waals surface area contributed by atoms with Crippen molar-refractivity contribution in [1.29, 1.82) is 5.26 Å². The van der Waals surface area contributed by atoms with Crippen molar-refractivity contribution >= 4 is 34.5 Å². The van der Waals surface area contributed by atoms with Crippen LogP contribution in [0, 0.1) is 11.3 Å². The molecule has 3 aromatic rings. The van der Waals surface area contributed by atoms with E-state index in [0.717, 1.165) is 18.8 Å². The van der Waals surface area contributed by atoms with E-state index < -0.39 is 5.91 Å². The van der Waals surface area contributed by atoms with E-state index in [1.54, 1.807) is 24.4 Å². The lowest BCUT2D eigenvalue weighted by atomic mass is 10.1. The van der Waals surface area contributed by atoms with E-state index in [2.05, 4.69) is 26.4 Å². The molecule has 1 N–H and O–H groups in total. The number of nitriles is 1. The SMILES string of the molecule is N#Cc1cc(N2CCOCC2)ccc1NC(=O)c1cnn2ccc(Cl)nc12. The second-order valence-corrected chi connectivity index (χ2v) is 6.36. The van der Waals surface area contributed by atoms with Gasteiger partial charge in [-0.15, -0.1) is 0 Å². The zero-order chi connectivity index (χ0) is 18.8. The number of fused-ring (bicyclic) bond motifs is 1. The number of carbonyl (C=O) groups excluding carboxylic acids is 1. The Balaban J connectivity index is 1.60. The Morgan fingerprint density at radius 3 is 2.89 bits per heavy atom. The number of hydrogen-bond acceptors (Lipinski definition) is 6. The summed E-state index contributed by atoms with van der Waals surface area (Å²) >= 11 is 5.91. The molecule has 3 heterocycles. The molecule has 1 saturated heterocycles. The maximum absolute atomic E-state index is 12.7. The number of amides is 1. The third kappa shape index (κ3) is 3.43. The molecule has 8 nitrogen and oxygen atoms in total. The molecule has 1 amide bonds. The number of halogens is 1. The molecule has 136 valence electrons. The number of nitrogens with zero attached hydrogens (tertiary/aromatic N) is 5. The lowest BCUT2D eigenvalue weighted by molar-refractivity contribution is 0.102. The first-order valence-electron chi connectivity index (χ1n) is 8.34. The Labute approximate surface area is 159 Å². The highest BCUT2D eigenvalue weighted by Gasteiger charge is 2.18. The van der Waals surface area contributed by atoms with Crippen molar-refractivity contribution in [2.75, 3.05) is 36.5 Å². The van der Waals surface area contributed by atoms with E-state index in [1.807, 2.05) is 6.07 Å². The number of hydrogen-bond donors (Lipinski definition) is 1. The van der Waals surface area contributed by atoms with E-state index in [9.17, 15) is 10.1 Å². The predicted octanol–water partition coefficient (Wildman–Crippen LogP) is 2.34. The average molecular weight is 383 g/mol. The van der Waals surface area contributed by atoms with E-state index >= 15 is 0 Å². The van der Waals surface area contributed by atoms with Crippen molar-refractivity contribution in [2.24, 2.45) is 0 Å². The van der Waals surface area contributed by atoms with Crippen molar-refractivity contribution in [3.8, 4) is 6.07 Å². The molecule has 0 saturated carbocycles. The Bertz CT molecular complexity index is 1050. The molecule has 1 aliphatic heterocycles. The quantitative estimate of drug-likeness (QED) is 0.698. The van der Waals surface area contributed by atoms with Crippen LogP contribution in [0.1, 0.15) is 15.9 Å². The molecule has 0 bridgehead atoms. The van der Waals surface area contributed by atoms with Gasteiger partial charge in [0.2, 0.25) is 0 Å². The Morgan fingerprint density at radius 1 is 1.30 bits per heavy atom. The van der Waals surface area contributed by atoms with Crippen molar-refractivity contribution in [1.82, 2.24) is 14.6 Å². The summed E-state index contributed by atoms with van der Waals surface area (Å²) in [4.78, 5) is 19.0. The topological polar surface area (TPSA) is 95.6 Å². The van der Waals surface area contributed by atoms with Gasteiger partial charge < -0.3 is 15.0 Å². The van der Waals surface area contributed by atoms with Gasteiger partial charge in [-0.3, -0.25) is 4.79 Å². The molecule has 2 aromatic heterocycles. The molecule has 0 spiro atoms. The molecule has 9 heteroatoms. The number of ether oxygens (including phenoxy) is 1. The first-order chi connectivity index (χ1) is 13.2. The largest absolute Gasteiger partial charge is 0.378 e. The van der Waals surface area contributed by atoms with Gasteiger partial charge in [0.05, 0.1) is 30.7 Å². The van der Waals surface area contributed by atoms with Crippen LogP contribution in [0.5, 0.6) is 0 Å². The third-order valence-corrected chi connectivity index (χ3v) is 4.54. The molecule has 27 heavy (non-hydrogen) atoms. The van der Waals surface area contributed by atoms with Crippen molar-refractivity contribution in [3.05, 3.63) is 52.9 Å². The van der Waals surface area contributed by atoms with Gasteiger partial charge >= 0.3 is 0 Å². The molecular formula is C18H15ClN6O2. The first kappa shape index (κ1) is 17.3. The molecule has 0 radical (unpaired) electrons. The first-order valence-corrected chi connectivity index (χ1v) is 8.71. The molecule has 1 aliphatic rings. The molecular weight excluding hydrogens is 368 g/mol. The average Bonchev–Trinajstić information content (AvgIpc) is 3.12. The minimum Gasteiger partial charge on any atom is -0.378 e. The molecule has 0 unspecified atom stereocenters.